The van der Waals surface area contributed by atoms with Crippen LogP contribution in [0.5, 0.6) is 0 Å². The van der Waals surface area contributed by atoms with Crippen molar-refractivity contribution in [1.29, 1.82) is 0 Å². The van der Waals surface area contributed by atoms with Crippen LogP contribution in [0.4, 0.5) is 8.78 Å². The minimum absolute atomic E-state index is 0.0669. The summed E-state index contributed by atoms with van der Waals surface area (Å²) in [5.74, 6) is 0. The predicted molar refractivity (Wildman–Crippen MR) is 74.6 cm³/mol. The molecule has 0 aliphatic carbocycles. The lowest BCUT2D eigenvalue weighted by atomic mass is 10.1. The Morgan fingerprint density at radius 3 is 2.10 bits per heavy atom. The predicted octanol–water partition coefficient (Wildman–Crippen LogP) is 3.84. The summed E-state index contributed by atoms with van der Waals surface area (Å²) in [4.78, 5) is 0.0669. The van der Waals surface area contributed by atoms with Gasteiger partial charge in [-0.15, -0.1) is 0 Å². The zero-order valence-electron chi connectivity index (χ0n) is 11.3. The first kappa shape index (κ1) is 15.6. The van der Waals surface area contributed by atoms with Crippen molar-refractivity contribution < 1.29 is 21.4 Å². The molecule has 0 amide bonds. The summed E-state index contributed by atoms with van der Waals surface area (Å²) in [6, 6.07) is 11.6. The van der Waals surface area contributed by atoms with Crippen molar-refractivity contribution in [2.24, 2.45) is 0 Å². The van der Waals surface area contributed by atoms with Crippen LogP contribution >= 0.6 is 0 Å². The molecule has 0 N–H and O–H groups in total. The SMILES string of the molecule is Cc1ccc(S(=O)(=O)OCc2ccc(C(F)F)cc2)cc1. The van der Waals surface area contributed by atoms with Gasteiger partial charge in [-0.05, 0) is 24.6 Å². The zero-order valence-corrected chi connectivity index (χ0v) is 12.1. The second-order valence-corrected chi connectivity index (χ2v) is 6.19. The van der Waals surface area contributed by atoms with Gasteiger partial charge in [0.15, 0.2) is 0 Å². The van der Waals surface area contributed by atoms with Crippen molar-refractivity contribution in [3.8, 4) is 0 Å². The highest BCUT2D eigenvalue weighted by Gasteiger charge is 2.15. The van der Waals surface area contributed by atoms with Crippen LogP contribution in [0.15, 0.2) is 53.4 Å². The Labute approximate surface area is 122 Å². The van der Waals surface area contributed by atoms with Crippen molar-refractivity contribution in [2.45, 2.75) is 24.9 Å². The van der Waals surface area contributed by atoms with Gasteiger partial charge in [0.05, 0.1) is 11.5 Å². The van der Waals surface area contributed by atoms with Gasteiger partial charge in [-0.2, -0.15) is 8.42 Å². The molecule has 0 heterocycles. The van der Waals surface area contributed by atoms with Crippen LogP contribution in [0.25, 0.3) is 0 Å². The van der Waals surface area contributed by atoms with E-state index in [-0.39, 0.29) is 17.1 Å². The first-order chi connectivity index (χ1) is 9.88. The van der Waals surface area contributed by atoms with Crippen molar-refractivity contribution in [3.05, 3.63) is 65.2 Å². The molecule has 0 atom stereocenters. The fourth-order valence-electron chi connectivity index (χ4n) is 1.68. The summed E-state index contributed by atoms with van der Waals surface area (Å²) in [7, 11) is -3.85. The van der Waals surface area contributed by atoms with Gasteiger partial charge in [0.25, 0.3) is 16.5 Å². The van der Waals surface area contributed by atoms with E-state index in [4.69, 9.17) is 4.18 Å². The smallest absolute Gasteiger partial charge is 0.262 e. The zero-order chi connectivity index (χ0) is 15.5. The molecule has 2 aromatic carbocycles. The van der Waals surface area contributed by atoms with Crippen LogP contribution in [-0.2, 0) is 20.9 Å². The van der Waals surface area contributed by atoms with Gasteiger partial charge in [-0.1, -0.05) is 42.0 Å². The molecule has 0 spiro atoms. The molecule has 0 bridgehead atoms. The Hall–Kier alpha value is -1.79. The maximum absolute atomic E-state index is 12.4. The van der Waals surface area contributed by atoms with Crippen LogP contribution in [0.3, 0.4) is 0 Å². The topological polar surface area (TPSA) is 43.4 Å². The van der Waals surface area contributed by atoms with Crippen molar-refractivity contribution in [3.63, 3.8) is 0 Å². The first-order valence-corrected chi connectivity index (χ1v) is 7.62. The van der Waals surface area contributed by atoms with Crippen LogP contribution in [0.2, 0.25) is 0 Å². The minimum atomic E-state index is -3.85. The number of benzene rings is 2. The largest absolute Gasteiger partial charge is 0.297 e. The summed E-state index contributed by atoms with van der Waals surface area (Å²) >= 11 is 0. The molecule has 0 aliphatic heterocycles. The van der Waals surface area contributed by atoms with Crippen molar-refractivity contribution in [2.75, 3.05) is 0 Å². The lowest BCUT2D eigenvalue weighted by Gasteiger charge is -2.07. The van der Waals surface area contributed by atoms with Crippen molar-refractivity contribution in [1.82, 2.24) is 0 Å². The van der Waals surface area contributed by atoms with Crippen molar-refractivity contribution >= 4 is 10.1 Å². The molecule has 0 fully saturated rings. The Kier molecular flexibility index (Phi) is 4.69. The third-order valence-corrected chi connectivity index (χ3v) is 4.20. The highest BCUT2D eigenvalue weighted by Crippen LogP contribution is 2.20. The van der Waals surface area contributed by atoms with Crippen LogP contribution in [0, 0.1) is 6.92 Å². The van der Waals surface area contributed by atoms with Crippen LogP contribution < -0.4 is 0 Å². The fourth-order valence-corrected chi connectivity index (χ4v) is 2.57. The van der Waals surface area contributed by atoms with E-state index in [1.165, 1.54) is 36.4 Å². The average Bonchev–Trinajstić information content (AvgIpc) is 2.46. The van der Waals surface area contributed by atoms with Gasteiger partial charge < -0.3 is 0 Å². The summed E-state index contributed by atoms with van der Waals surface area (Å²) in [5, 5.41) is 0. The molecule has 6 heteroatoms. The van der Waals surface area contributed by atoms with E-state index in [1.807, 2.05) is 6.92 Å². The van der Waals surface area contributed by atoms with Crippen LogP contribution in [-0.4, -0.2) is 8.42 Å². The van der Waals surface area contributed by atoms with E-state index < -0.39 is 16.5 Å². The summed E-state index contributed by atoms with van der Waals surface area (Å²) in [5.41, 5.74) is 1.34. The number of halogens is 2. The number of hydrogen-bond donors (Lipinski definition) is 0. The monoisotopic (exact) mass is 312 g/mol. The molecule has 0 aromatic heterocycles. The highest BCUT2D eigenvalue weighted by atomic mass is 32.2. The van der Waals surface area contributed by atoms with E-state index in [0.29, 0.717) is 5.56 Å². The standard InChI is InChI=1S/C15H14F2O3S/c1-11-2-8-14(9-3-11)21(18,19)20-10-12-4-6-13(7-5-12)15(16)17/h2-9,15H,10H2,1H3. The van der Waals surface area contributed by atoms with E-state index in [9.17, 15) is 17.2 Å². The van der Waals surface area contributed by atoms with Gasteiger partial charge in [-0.3, -0.25) is 4.18 Å². The molecular formula is C15H14F2O3S. The fraction of sp³-hybridized carbons (Fsp3) is 0.200. The minimum Gasteiger partial charge on any atom is -0.262 e. The normalized spacial score (nSPS) is 11.8. The Bertz CT molecular complexity index is 693. The maximum atomic E-state index is 12.4. The van der Waals surface area contributed by atoms with E-state index >= 15 is 0 Å². The first-order valence-electron chi connectivity index (χ1n) is 6.21. The third kappa shape index (κ3) is 4.09. The second-order valence-electron chi connectivity index (χ2n) is 4.57. The quantitative estimate of drug-likeness (QED) is 0.788. The Morgan fingerprint density at radius 2 is 1.57 bits per heavy atom. The number of aryl methyl sites for hydroxylation is 1. The van der Waals surface area contributed by atoms with Gasteiger partial charge in [0, 0.05) is 5.56 Å². The van der Waals surface area contributed by atoms with E-state index in [0.717, 1.165) is 5.56 Å². The Morgan fingerprint density at radius 1 is 1.00 bits per heavy atom. The van der Waals surface area contributed by atoms with E-state index in [1.54, 1.807) is 12.1 Å². The third-order valence-electron chi connectivity index (χ3n) is 2.92. The number of alkyl halides is 2. The summed E-state index contributed by atoms with van der Waals surface area (Å²) in [6.07, 6.45) is -2.55. The molecule has 0 saturated carbocycles. The number of hydrogen-bond acceptors (Lipinski definition) is 3. The molecule has 0 radical (unpaired) electrons. The summed E-state index contributed by atoms with van der Waals surface area (Å²) in [6.45, 7) is 1.65. The maximum Gasteiger partial charge on any atom is 0.297 e. The molecule has 2 aromatic rings. The lowest BCUT2D eigenvalue weighted by Crippen LogP contribution is -2.06. The van der Waals surface area contributed by atoms with Gasteiger partial charge >= 0.3 is 0 Å². The van der Waals surface area contributed by atoms with Gasteiger partial charge in [-0.25, -0.2) is 8.78 Å². The molecule has 2 rings (SSSR count). The van der Waals surface area contributed by atoms with Gasteiger partial charge in [0.1, 0.15) is 0 Å². The molecule has 21 heavy (non-hydrogen) atoms. The number of rotatable bonds is 5. The van der Waals surface area contributed by atoms with E-state index in [2.05, 4.69) is 0 Å². The molecule has 0 aliphatic rings. The van der Waals surface area contributed by atoms with Gasteiger partial charge in [0.2, 0.25) is 0 Å². The molecule has 112 valence electrons. The second kappa shape index (κ2) is 6.32. The molecule has 0 unspecified atom stereocenters. The molecule has 3 nitrogen and oxygen atoms in total. The highest BCUT2D eigenvalue weighted by molar-refractivity contribution is 7.86. The Balaban J connectivity index is 2.06. The van der Waals surface area contributed by atoms with Crippen LogP contribution in [0.1, 0.15) is 23.1 Å². The molecular weight excluding hydrogens is 298 g/mol. The molecule has 0 saturated heterocycles. The lowest BCUT2D eigenvalue weighted by molar-refractivity contribution is 0.151. The average molecular weight is 312 g/mol. The summed E-state index contributed by atoms with van der Waals surface area (Å²) < 4.78 is 53.6.